The van der Waals surface area contributed by atoms with Crippen LogP contribution in [0.5, 0.6) is 0 Å². The molecule has 3 heterocycles. The van der Waals surface area contributed by atoms with Gasteiger partial charge in [0.25, 0.3) is 0 Å². The largest absolute Gasteiger partial charge is 0.396 e. The molecule has 6 heteroatoms. The fourth-order valence-corrected chi connectivity index (χ4v) is 2.92. The van der Waals surface area contributed by atoms with Crippen molar-refractivity contribution >= 4 is 17.4 Å². The Morgan fingerprint density at radius 2 is 2.17 bits per heavy atom. The summed E-state index contributed by atoms with van der Waals surface area (Å²) in [4.78, 5) is 21.9. The van der Waals surface area contributed by atoms with Crippen molar-refractivity contribution in [2.75, 3.05) is 29.9 Å². The molecule has 1 saturated heterocycles. The van der Waals surface area contributed by atoms with Crippen molar-refractivity contribution in [3.8, 4) is 0 Å². The van der Waals surface area contributed by atoms with Gasteiger partial charge in [0.15, 0.2) is 5.82 Å². The van der Waals surface area contributed by atoms with Gasteiger partial charge in [-0.3, -0.25) is 4.79 Å². The molecule has 6 nitrogen and oxygen atoms in total. The molecule has 122 valence electrons. The second-order valence-corrected chi connectivity index (χ2v) is 5.91. The normalized spacial score (nSPS) is 15.6. The first-order valence-corrected chi connectivity index (χ1v) is 7.99. The number of aliphatic hydroxyl groups excluding tert-OH is 1. The molecule has 1 aliphatic heterocycles. The number of nitrogens with one attached hydrogen (secondary N) is 2. The van der Waals surface area contributed by atoms with Crippen LogP contribution in [0.1, 0.15) is 18.5 Å². The summed E-state index contributed by atoms with van der Waals surface area (Å²) in [6.45, 7) is 1.94. The lowest BCUT2D eigenvalue weighted by Crippen LogP contribution is -2.36. The molecule has 1 fully saturated rings. The summed E-state index contributed by atoms with van der Waals surface area (Å²) in [7, 11) is 0. The van der Waals surface area contributed by atoms with Gasteiger partial charge >= 0.3 is 0 Å². The number of amides is 1. The third-order valence-electron chi connectivity index (χ3n) is 4.25. The van der Waals surface area contributed by atoms with Gasteiger partial charge in [0.05, 0.1) is 12.1 Å². The van der Waals surface area contributed by atoms with E-state index >= 15 is 0 Å². The maximum absolute atomic E-state index is 12.2. The van der Waals surface area contributed by atoms with E-state index in [1.807, 2.05) is 30.5 Å². The molecular weight excluding hydrogens is 292 g/mol. The minimum absolute atomic E-state index is 0.0630. The summed E-state index contributed by atoms with van der Waals surface area (Å²) in [5.41, 5.74) is 1.63. The number of hydrogen-bond donors (Lipinski definition) is 3. The Labute approximate surface area is 135 Å². The zero-order chi connectivity index (χ0) is 16.1. The third kappa shape index (κ3) is 3.90. The van der Waals surface area contributed by atoms with Crippen molar-refractivity contribution in [3.05, 3.63) is 42.4 Å². The van der Waals surface area contributed by atoms with Crippen LogP contribution < -0.4 is 10.2 Å². The molecule has 1 aliphatic rings. The van der Waals surface area contributed by atoms with Crippen molar-refractivity contribution in [2.24, 2.45) is 5.92 Å². The molecule has 23 heavy (non-hydrogen) atoms. The van der Waals surface area contributed by atoms with E-state index in [-0.39, 0.29) is 12.5 Å². The van der Waals surface area contributed by atoms with Gasteiger partial charge in [0.2, 0.25) is 5.91 Å². The lowest BCUT2D eigenvalue weighted by atomic mass is 9.98. The van der Waals surface area contributed by atoms with E-state index in [9.17, 15) is 9.90 Å². The molecular formula is C17H22N4O2. The zero-order valence-electron chi connectivity index (χ0n) is 13.0. The first kappa shape index (κ1) is 15.6. The molecule has 2 aromatic heterocycles. The molecule has 3 N–H and O–H groups in total. The summed E-state index contributed by atoms with van der Waals surface area (Å²) in [6.07, 6.45) is 5.76. The topological polar surface area (TPSA) is 81.2 Å². The van der Waals surface area contributed by atoms with E-state index in [0.717, 1.165) is 43.1 Å². The smallest absolute Gasteiger partial charge is 0.230 e. The molecule has 0 atom stereocenters. The van der Waals surface area contributed by atoms with Crippen LogP contribution in [-0.4, -0.2) is 40.7 Å². The van der Waals surface area contributed by atoms with E-state index in [0.29, 0.717) is 12.3 Å². The Hall–Kier alpha value is -2.34. The number of aliphatic hydroxyl groups is 1. The second-order valence-electron chi connectivity index (χ2n) is 5.91. The fourth-order valence-electron chi connectivity index (χ4n) is 2.92. The molecule has 0 aliphatic carbocycles. The molecule has 0 saturated carbocycles. The first-order valence-electron chi connectivity index (χ1n) is 7.99. The summed E-state index contributed by atoms with van der Waals surface area (Å²) in [6, 6.07) is 7.48. The number of nitrogens with zero attached hydrogens (tertiary/aromatic N) is 2. The molecule has 2 aromatic rings. The number of carbonyl (C=O) groups is 1. The number of anilines is 2. The van der Waals surface area contributed by atoms with Gasteiger partial charge in [-0.15, -0.1) is 0 Å². The number of piperidine rings is 1. The van der Waals surface area contributed by atoms with Crippen LogP contribution >= 0.6 is 0 Å². The Morgan fingerprint density at radius 3 is 2.87 bits per heavy atom. The van der Waals surface area contributed by atoms with E-state index in [2.05, 4.69) is 20.2 Å². The molecule has 0 radical (unpaired) electrons. The Bertz CT molecular complexity index is 634. The van der Waals surface area contributed by atoms with Gasteiger partial charge in [-0.25, -0.2) is 4.98 Å². The highest BCUT2D eigenvalue weighted by atomic mass is 16.3. The maximum Gasteiger partial charge on any atom is 0.230 e. The average Bonchev–Trinajstić information content (AvgIpc) is 3.08. The summed E-state index contributed by atoms with van der Waals surface area (Å²) >= 11 is 0. The van der Waals surface area contributed by atoms with Crippen LogP contribution in [0.25, 0.3) is 0 Å². The van der Waals surface area contributed by atoms with Crippen LogP contribution in [0, 0.1) is 5.92 Å². The number of aromatic nitrogens is 2. The van der Waals surface area contributed by atoms with Gasteiger partial charge in [-0.05, 0) is 43.0 Å². The number of aromatic amines is 1. The number of rotatable bonds is 5. The summed E-state index contributed by atoms with van der Waals surface area (Å²) < 4.78 is 0. The quantitative estimate of drug-likeness (QED) is 0.786. The molecule has 1 amide bonds. The van der Waals surface area contributed by atoms with Gasteiger partial charge in [0, 0.05) is 37.8 Å². The molecule has 0 spiro atoms. The Kier molecular flexibility index (Phi) is 4.92. The minimum atomic E-state index is -0.0630. The predicted molar refractivity (Wildman–Crippen MR) is 89.4 cm³/mol. The average molecular weight is 314 g/mol. The van der Waals surface area contributed by atoms with Crippen molar-refractivity contribution in [1.29, 1.82) is 0 Å². The highest BCUT2D eigenvalue weighted by Gasteiger charge is 2.21. The van der Waals surface area contributed by atoms with Crippen LogP contribution in [-0.2, 0) is 11.2 Å². The van der Waals surface area contributed by atoms with Crippen molar-refractivity contribution in [3.63, 3.8) is 0 Å². The van der Waals surface area contributed by atoms with Crippen LogP contribution in [0.2, 0.25) is 0 Å². The standard InChI is InChI=1S/C17H22N4O2/c22-12-13-5-9-21(10-6-13)17-15(4-2-8-19-17)20-16(23)11-14-3-1-7-18-14/h1-4,7-8,13,18,22H,5-6,9-12H2,(H,20,23). The third-order valence-corrected chi connectivity index (χ3v) is 4.25. The minimum Gasteiger partial charge on any atom is -0.396 e. The fraction of sp³-hybridized carbons (Fsp3) is 0.412. The molecule has 3 rings (SSSR count). The van der Waals surface area contributed by atoms with Crippen molar-refractivity contribution in [1.82, 2.24) is 9.97 Å². The van der Waals surface area contributed by atoms with Gasteiger partial charge in [0.1, 0.15) is 0 Å². The van der Waals surface area contributed by atoms with Crippen molar-refractivity contribution < 1.29 is 9.90 Å². The number of H-pyrrole nitrogens is 1. The monoisotopic (exact) mass is 314 g/mol. The maximum atomic E-state index is 12.2. The summed E-state index contributed by atoms with van der Waals surface area (Å²) in [5, 5.41) is 12.2. The van der Waals surface area contributed by atoms with E-state index < -0.39 is 0 Å². The summed E-state index contributed by atoms with van der Waals surface area (Å²) in [5.74, 6) is 1.12. The predicted octanol–water partition coefficient (Wildman–Crippen LogP) is 1.80. The lowest BCUT2D eigenvalue weighted by molar-refractivity contribution is -0.115. The van der Waals surface area contributed by atoms with Gasteiger partial charge < -0.3 is 20.3 Å². The lowest BCUT2D eigenvalue weighted by Gasteiger charge is -2.33. The van der Waals surface area contributed by atoms with E-state index in [1.165, 1.54) is 0 Å². The number of carbonyl (C=O) groups excluding carboxylic acids is 1. The highest BCUT2D eigenvalue weighted by molar-refractivity contribution is 5.94. The highest BCUT2D eigenvalue weighted by Crippen LogP contribution is 2.27. The number of hydrogen-bond acceptors (Lipinski definition) is 4. The first-order chi connectivity index (χ1) is 11.3. The van der Waals surface area contributed by atoms with E-state index in [1.54, 1.807) is 6.20 Å². The number of pyridine rings is 1. The van der Waals surface area contributed by atoms with Gasteiger partial charge in [-0.2, -0.15) is 0 Å². The molecule has 0 bridgehead atoms. The van der Waals surface area contributed by atoms with Gasteiger partial charge in [-0.1, -0.05) is 0 Å². The SMILES string of the molecule is O=C(Cc1ccc[nH]1)Nc1cccnc1N1CCC(CO)CC1. The van der Waals surface area contributed by atoms with Crippen LogP contribution in [0.15, 0.2) is 36.7 Å². The zero-order valence-corrected chi connectivity index (χ0v) is 13.0. The molecule has 0 aromatic carbocycles. The van der Waals surface area contributed by atoms with E-state index in [4.69, 9.17) is 0 Å². The molecule has 0 unspecified atom stereocenters. The Balaban J connectivity index is 1.67. The van der Waals surface area contributed by atoms with Crippen LogP contribution in [0.4, 0.5) is 11.5 Å². The van der Waals surface area contributed by atoms with Crippen molar-refractivity contribution in [2.45, 2.75) is 19.3 Å². The second kappa shape index (κ2) is 7.28. The Morgan fingerprint density at radius 1 is 1.35 bits per heavy atom. The van der Waals surface area contributed by atoms with Crippen LogP contribution in [0.3, 0.4) is 0 Å².